The van der Waals surface area contributed by atoms with E-state index in [2.05, 4.69) is 5.32 Å². The minimum atomic E-state index is -3.60. The van der Waals surface area contributed by atoms with E-state index in [1.54, 1.807) is 36.1 Å². The van der Waals surface area contributed by atoms with Crippen molar-refractivity contribution >= 4 is 39.5 Å². The smallest absolute Gasteiger partial charge is 0.414 e. The number of rotatable bonds is 6. The number of carbonyl (C=O) groups excluding carboxylic acids is 2. The second-order valence-electron chi connectivity index (χ2n) is 7.97. The average molecular weight is 525 g/mol. The Bertz CT molecular complexity index is 1190. The zero-order valence-electron chi connectivity index (χ0n) is 20.0. The molecule has 0 radical (unpaired) electrons. The maximum atomic E-state index is 12.5. The molecule has 0 atom stereocenters. The third-order valence-corrected chi connectivity index (χ3v) is 7.13. The number of amides is 2. The van der Waals surface area contributed by atoms with E-state index in [1.807, 2.05) is 4.90 Å². The highest BCUT2D eigenvalue weighted by molar-refractivity contribution is 7.89. The molecule has 13 nitrogen and oxygen atoms in total. The summed E-state index contributed by atoms with van der Waals surface area (Å²) in [6.07, 6.45) is 1.47. The molecule has 2 heterocycles. The summed E-state index contributed by atoms with van der Waals surface area (Å²) in [7, 11) is -0.662. The maximum Gasteiger partial charge on any atom is 0.414 e. The molecule has 3 N–H and O–H groups in total. The van der Waals surface area contributed by atoms with E-state index in [0.29, 0.717) is 43.2 Å². The third-order valence-electron chi connectivity index (χ3n) is 5.17. The SMILES string of the molecule is Cc1ccc(NC(=O)CN2CCN(C(=O)c3ccco3)CC2)cc1S(=O)(=O)N(C)C.O=C(O)C(=O)O. The third kappa shape index (κ3) is 7.63. The highest BCUT2D eigenvalue weighted by Crippen LogP contribution is 2.22. The molecule has 2 amide bonds. The minimum absolute atomic E-state index is 0.154. The molecule has 1 aliphatic rings. The highest BCUT2D eigenvalue weighted by Gasteiger charge is 2.25. The highest BCUT2D eigenvalue weighted by atomic mass is 32.2. The van der Waals surface area contributed by atoms with Crippen LogP contribution >= 0.6 is 0 Å². The Labute approximate surface area is 207 Å². The summed E-state index contributed by atoms with van der Waals surface area (Å²) in [6, 6.07) is 8.14. The van der Waals surface area contributed by atoms with Gasteiger partial charge < -0.3 is 24.8 Å². The molecule has 1 aromatic carbocycles. The molecule has 0 aliphatic carbocycles. The number of aliphatic carboxylic acids is 2. The lowest BCUT2D eigenvalue weighted by Crippen LogP contribution is -2.50. The van der Waals surface area contributed by atoms with Gasteiger partial charge in [0.25, 0.3) is 5.91 Å². The van der Waals surface area contributed by atoms with Crippen molar-refractivity contribution in [1.29, 1.82) is 0 Å². The van der Waals surface area contributed by atoms with E-state index in [4.69, 9.17) is 24.2 Å². The normalized spacial score (nSPS) is 14.1. The van der Waals surface area contributed by atoms with Crippen molar-refractivity contribution in [1.82, 2.24) is 14.1 Å². The molecule has 0 spiro atoms. The Morgan fingerprint density at radius 1 is 1.03 bits per heavy atom. The van der Waals surface area contributed by atoms with Crippen LogP contribution in [-0.2, 0) is 24.4 Å². The zero-order chi connectivity index (χ0) is 27.0. The summed E-state index contributed by atoms with van der Waals surface area (Å²) in [5, 5.41) is 17.5. The van der Waals surface area contributed by atoms with Gasteiger partial charge in [-0.15, -0.1) is 0 Å². The predicted octanol–water partition coefficient (Wildman–Crippen LogP) is 0.390. The van der Waals surface area contributed by atoms with Gasteiger partial charge in [-0.25, -0.2) is 22.3 Å². The number of sulfonamides is 1. The van der Waals surface area contributed by atoms with Crippen molar-refractivity contribution in [3.05, 3.63) is 47.9 Å². The number of hydrogen-bond donors (Lipinski definition) is 3. The second kappa shape index (κ2) is 12.3. The number of benzene rings is 1. The van der Waals surface area contributed by atoms with Crippen molar-refractivity contribution in [3.63, 3.8) is 0 Å². The molecule has 0 unspecified atom stereocenters. The van der Waals surface area contributed by atoms with Crippen molar-refractivity contribution in [3.8, 4) is 0 Å². The Kier molecular flexibility index (Phi) is 9.72. The topological polar surface area (TPSA) is 178 Å². The van der Waals surface area contributed by atoms with Crippen LogP contribution in [0.3, 0.4) is 0 Å². The molecular formula is C22H28N4O9S. The lowest BCUT2D eigenvalue weighted by molar-refractivity contribution is -0.159. The van der Waals surface area contributed by atoms with E-state index >= 15 is 0 Å². The largest absolute Gasteiger partial charge is 0.473 e. The van der Waals surface area contributed by atoms with Crippen LogP contribution in [0, 0.1) is 6.92 Å². The first kappa shape index (κ1) is 28.5. The molecule has 14 heteroatoms. The lowest BCUT2D eigenvalue weighted by Gasteiger charge is -2.33. The van der Waals surface area contributed by atoms with Gasteiger partial charge in [0.15, 0.2) is 5.76 Å². The van der Waals surface area contributed by atoms with Crippen molar-refractivity contribution in [2.24, 2.45) is 0 Å². The first-order valence-corrected chi connectivity index (χ1v) is 12.1. The number of nitrogens with one attached hydrogen (secondary N) is 1. The summed E-state index contributed by atoms with van der Waals surface area (Å²) in [6.45, 7) is 4.01. The molecule has 1 fully saturated rings. The van der Waals surface area contributed by atoms with Crippen LogP contribution in [0.25, 0.3) is 0 Å². The molecule has 2 aromatic rings. The van der Waals surface area contributed by atoms with E-state index in [0.717, 1.165) is 4.31 Å². The monoisotopic (exact) mass is 524 g/mol. The number of carbonyl (C=O) groups is 4. The van der Waals surface area contributed by atoms with Gasteiger partial charge in [0.05, 0.1) is 17.7 Å². The minimum Gasteiger partial charge on any atom is -0.473 e. The van der Waals surface area contributed by atoms with Crippen LogP contribution in [-0.4, -0.2) is 103 Å². The summed E-state index contributed by atoms with van der Waals surface area (Å²) in [5.41, 5.74) is 1.04. The number of furan rings is 1. The van der Waals surface area contributed by atoms with Gasteiger partial charge in [0.2, 0.25) is 15.9 Å². The average Bonchev–Trinajstić information content (AvgIpc) is 3.35. The number of carboxylic acid groups (broad SMARTS) is 2. The molecule has 0 bridgehead atoms. The molecular weight excluding hydrogens is 496 g/mol. The predicted molar refractivity (Wildman–Crippen MR) is 127 cm³/mol. The Morgan fingerprint density at radius 2 is 1.64 bits per heavy atom. The summed E-state index contributed by atoms with van der Waals surface area (Å²) < 4.78 is 31.2. The van der Waals surface area contributed by atoms with Crippen LogP contribution in [0.2, 0.25) is 0 Å². The molecule has 1 aliphatic heterocycles. The van der Waals surface area contributed by atoms with Gasteiger partial charge in [-0.1, -0.05) is 6.07 Å². The molecule has 3 rings (SSSR count). The maximum absolute atomic E-state index is 12.5. The van der Waals surface area contributed by atoms with Crippen LogP contribution < -0.4 is 5.32 Å². The van der Waals surface area contributed by atoms with Gasteiger partial charge >= 0.3 is 11.9 Å². The fourth-order valence-corrected chi connectivity index (χ4v) is 4.37. The molecule has 36 heavy (non-hydrogen) atoms. The molecule has 1 saturated heterocycles. The first-order chi connectivity index (χ1) is 16.8. The summed E-state index contributed by atoms with van der Waals surface area (Å²) >= 11 is 0. The Hall–Kier alpha value is -3.75. The summed E-state index contributed by atoms with van der Waals surface area (Å²) in [5.74, 6) is -3.73. The van der Waals surface area contributed by atoms with Crippen LogP contribution in [0.15, 0.2) is 45.9 Å². The molecule has 196 valence electrons. The van der Waals surface area contributed by atoms with Gasteiger partial charge in [0.1, 0.15) is 0 Å². The zero-order valence-corrected chi connectivity index (χ0v) is 20.8. The number of aryl methyl sites for hydroxylation is 1. The van der Waals surface area contributed by atoms with E-state index in [-0.39, 0.29) is 23.3 Å². The fraction of sp³-hybridized carbons (Fsp3) is 0.364. The van der Waals surface area contributed by atoms with Crippen molar-refractivity contribution in [2.75, 3.05) is 52.1 Å². The van der Waals surface area contributed by atoms with Crippen molar-refractivity contribution < 1.29 is 42.2 Å². The van der Waals surface area contributed by atoms with Crippen LogP contribution in [0.4, 0.5) is 5.69 Å². The Morgan fingerprint density at radius 3 is 2.14 bits per heavy atom. The lowest BCUT2D eigenvalue weighted by atomic mass is 10.2. The van der Waals surface area contributed by atoms with Crippen molar-refractivity contribution in [2.45, 2.75) is 11.8 Å². The number of hydrogen-bond acceptors (Lipinski definition) is 8. The van der Waals surface area contributed by atoms with Gasteiger partial charge in [-0.2, -0.15) is 0 Å². The standard InChI is InChI=1S/C20H26N4O5S.C2H2O4/c1-15-6-7-16(13-18(15)30(27,28)22(2)3)21-19(25)14-23-8-10-24(11-9-23)20(26)17-5-4-12-29-17;3-1(4)2(5)6/h4-7,12-13H,8-11,14H2,1-3H3,(H,21,25);(H,3,4)(H,5,6). The Balaban J connectivity index is 0.000000678. The van der Waals surface area contributed by atoms with Crippen LogP contribution in [0.5, 0.6) is 0 Å². The molecule has 1 aromatic heterocycles. The van der Waals surface area contributed by atoms with Gasteiger partial charge in [-0.05, 0) is 36.8 Å². The number of nitrogens with zero attached hydrogens (tertiary/aromatic N) is 3. The van der Waals surface area contributed by atoms with Gasteiger partial charge in [-0.3, -0.25) is 14.5 Å². The summed E-state index contributed by atoms with van der Waals surface area (Å²) in [4.78, 5) is 46.8. The number of anilines is 1. The fourth-order valence-electron chi connectivity index (χ4n) is 3.22. The van der Waals surface area contributed by atoms with E-state index in [9.17, 15) is 18.0 Å². The number of piperazine rings is 1. The number of carboxylic acids is 2. The van der Waals surface area contributed by atoms with Crippen LogP contribution in [0.1, 0.15) is 16.1 Å². The second-order valence-corrected chi connectivity index (χ2v) is 10.1. The van der Waals surface area contributed by atoms with E-state index < -0.39 is 22.0 Å². The molecule has 0 saturated carbocycles. The van der Waals surface area contributed by atoms with Gasteiger partial charge in [0, 0.05) is 46.0 Å². The quantitative estimate of drug-likeness (QED) is 0.448. The first-order valence-electron chi connectivity index (χ1n) is 10.7. The van der Waals surface area contributed by atoms with E-state index in [1.165, 1.54) is 26.4 Å².